The molecule has 1 fully saturated rings. The molecule has 1 unspecified atom stereocenters. The minimum absolute atomic E-state index is 0.330. The molecule has 106 valence electrons. The molecule has 1 aliphatic carbocycles. The molecule has 0 bridgehead atoms. The average molecular weight is 269 g/mol. The molecule has 1 aromatic carbocycles. The number of amidine groups is 1. The summed E-state index contributed by atoms with van der Waals surface area (Å²) in [5, 5.41) is 8.69. The van der Waals surface area contributed by atoms with Gasteiger partial charge < -0.3 is 5.73 Å². The van der Waals surface area contributed by atoms with Gasteiger partial charge in [0.1, 0.15) is 5.84 Å². The molecule has 20 heavy (non-hydrogen) atoms. The van der Waals surface area contributed by atoms with Crippen LogP contribution in [-0.2, 0) is 0 Å². The Morgan fingerprint density at radius 2 is 1.60 bits per heavy atom. The summed E-state index contributed by atoms with van der Waals surface area (Å²) in [6.07, 6.45) is 8.72. The lowest BCUT2D eigenvalue weighted by molar-refractivity contribution is 0.569. The molecule has 2 N–H and O–H groups in total. The molecule has 0 saturated heterocycles. The molecule has 0 spiro atoms. The Labute approximate surface area is 121 Å². The van der Waals surface area contributed by atoms with Crippen LogP contribution in [0.25, 0.3) is 0 Å². The maximum Gasteiger partial charge on any atom is 0.123 e. The summed E-state index contributed by atoms with van der Waals surface area (Å²) >= 11 is 0. The first-order valence-corrected chi connectivity index (χ1v) is 7.79. The van der Waals surface area contributed by atoms with Crippen LogP contribution in [0.5, 0.6) is 0 Å². The van der Waals surface area contributed by atoms with Gasteiger partial charge in [-0.1, -0.05) is 56.0 Å². The van der Waals surface area contributed by atoms with Gasteiger partial charge in [0.05, 0.1) is 5.71 Å². The summed E-state index contributed by atoms with van der Waals surface area (Å²) in [5.41, 5.74) is 8.53. The number of rotatable bonds is 2. The molecule has 0 aromatic heterocycles. The van der Waals surface area contributed by atoms with Gasteiger partial charge in [-0.15, -0.1) is 5.10 Å². The third-order valence-corrected chi connectivity index (χ3v) is 4.54. The van der Waals surface area contributed by atoms with Crippen LogP contribution in [0.2, 0.25) is 0 Å². The Morgan fingerprint density at radius 3 is 2.30 bits per heavy atom. The van der Waals surface area contributed by atoms with Gasteiger partial charge in [0, 0.05) is 12.3 Å². The van der Waals surface area contributed by atoms with Gasteiger partial charge in [-0.25, -0.2) is 0 Å². The van der Waals surface area contributed by atoms with Crippen molar-refractivity contribution in [2.24, 2.45) is 21.9 Å². The third kappa shape index (κ3) is 2.92. The monoisotopic (exact) mass is 269 g/mol. The molecule has 1 heterocycles. The summed E-state index contributed by atoms with van der Waals surface area (Å²) in [6.45, 7) is 0. The van der Waals surface area contributed by atoms with Gasteiger partial charge in [0.15, 0.2) is 0 Å². The number of nitrogens with two attached hydrogens (primary N) is 1. The van der Waals surface area contributed by atoms with Crippen molar-refractivity contribution in [3.05, 3.63) is 35.9 Å². The molecule has 0 amide bonds. The third-order valence-electron chi connectivity index (χ3n) is 4.54. The number of benzene rings is 1. The molecule has 0 radical (unpaired) electrons. The van der Waals surface area contributed by atoms with Crippen LogP contribution in [-0.4, -0.2) is 11.5 Å². The quantitative estimate of drug-likeness (QED) is 0.814. The van der Waals surface area contributed by atoms with E-state index in [9.17, 15) is 0 Å². The fourth-order valence-corrected chi connectivity index (χ4v) is 3.46. The normalized spacial score (nSPS) is 24.7. The van der Waals surface area contributed by atoms with Gasteiger partial charge in [-0.2, -0.15) is 5.10 Å². The lowest BCUT2D eigenvalue weighted by Gasteiger charge is -2.27. The molecule has 2 aliphatic rings. The van der Waals surface area contributed by atoms with Crippen molar-refractivity contribution < 1.29 is 0 Å². The zero-order chi connectivity index (χ0) is 13.8. The second-order valence-corrected chi connectivity index (χ2v) is 5.97. The summed E-state index contributed by atoms with van der Waals surface area (Å²) in [7, 11) is 0. The maximum atomic E-state index is 5.93. The Hall–Kier alpha value is -1.64. The second kappa shape index (κ2) is 6.21. The lowest BCUT2D eigenvalue weighted by Crippen LogP contribution is -2.29. The van der Waals surface area contributed by atoms with E-state index in [1.807, 2.05) is 0 Å². The fourth-order valence-electron chi connectivity index (χ4n) is 3.46. The Morgan fingerprint density at radius 1 is 0.900 bits per heavy atom. The predicted octanol–water partition coefficient (Wildman–Crippen LogP) is 3.86. The second-order valence-electron chi connectivity index (χ2n) is 5.97. The SMILES string of the molecule is NC1=NN=C(C2CCCCCC2)C(c2ccccc2)C1. The minimum Gasteiger partial charge on any atom is -0.386 e. The first-order chi connectivity index (χ1) is 9.84. The van der Waals surface area contributed by atoms with Crippen LogP contribution in [0.4, 0.5) is 0 Å². The van der Waals surface area contributed by atoms with Crippen molar-refractivity contribution in [3.8, 4) is 0 Å². The van der Waals surface area contributed by atoms with E-state index in [0.717, 1.165) is 6.42 Å². The van der Waals surface area contributed by atoms with E-state index in [1.165, 1.54) is 49.8 Å². The summed E-state index contributed by atoms with van der Waals surface area (Å²) in [4.78, 5) is 0. The van der Waals surface area contributed by atoms with Crippen molar-refractivity contribution in [1.29, 1.82) is 0 Å². The van der Waals surface area contributed by atoms with Crippen molar-refractivity contribution in [2.75, 3.05) is 0 Å². The van der Waals surface area contributed by atoms with Gasteiger partial charge in [-0.05, 0) is 24.3 Å². The highest BCUT2D eigenvalue weighted by atomic mass is 15.2. The highest BCUT2D eigenvalue weighted by Crippen LogP contribution is 2.33. The van der Waals surface area contributed by atoms with Crippen molar-refractivity contribution in [1.82, 2.24) is 0 Å². The lowest BCUT2D eigenvalue weighted by atomic mass is 9.80. The minimum atomic E-state index is 0.330. The molecule has 3 nitrogen and oxygen atoms in total. The fraction of sp³-hybridized carbons (Fsp3) is 0.529. The summed E-state index contributed by atoms with van der Waals surface area (Å²) < 4.78 is 0. The first-order valence-electron chi connectivity index (χ1n) is 7.79. The van der Waals surface area contributed by atoms with Crippen molar-refractivity contribution in [2.45, 2.75) is 50.9 Å². The van der Waals surface area contributed by atoms with E-state index in [2.05, 4.69) is 40.5 Å². The van der Waals surface area contributed by atoms with Crippen LogP contribution in [0.3, 0.4) is 0 Å². The van der Waals surface area contributed by atoms with Crippen molar-refractivity contribution >= 4 is 11.5 Å². The van der Waals surface area contributed by atoms with E-state index >= 15 is 0 Å². The topological polar surface area (TPSA) is 50.7 Å². The zero-order valence-electron chi connectivity index (χ0n) is 12.0. The molecule has 1 saturated carbocycles. The van der Waals surface area contributed by atoms with E-state index < -0.39 is 0 Å². The van der Waals surface area contributed by atoms with Gasteiger partial charge in [0.25, 0.3) is 0 Å². The van der Waals surface area contributed by atoms with E-state index in [-0.39, 0.29) is 0 Å². The standard InChI is InChI=1S/C17H23N3/c18-16-12-15(13-8-6-3-7-9-13)17(20-19-16)14-10-4-1-2-5-11-14/h3,6-9,14-15H,1-2,4-5,10-12H2,(H2,18,19). The Kier molecular flexibility index (Phi) is 4.14. The van der Waals surface area contributed by atoms with Crippen LogP contribution in [0.1, 0.15) is 56.4 Å². The average Bonchev–Trinajstić information content (AvgIpc) is 2.77. The molecular formula is C17H23N3. The smallest absolute Gasteiger partial charge is 0.123 e. The number of nitrogens with zero attached hydrogens (tertiary/aromatic N) is 2. The Balaban J connectivity index is 1.88. The number of hydrogen-bond donors (Lipinski definition) is 1. The van der Waals surface area contributed by atoms with E-state index in [0.29, 0.717) is 17.7 Å². The summed E-state index contributed by atoms with van der Waals surface area (Å²) in [5.74, 6) is 1.59. The van der Waals surface area contributed by atoms with Crippen LogP contribution < -0.4 is 5.73 Å². The predicted molar refractivity (Wildman–Crippen MR) is 84.0 cm³/mol. The highest BCUT2D eigenvalue weighted by molar-refractivity contribution is 5.99. The largest absolute Gasteiger partial charge is 0.386 e. The summed E-state index contributed by atoms with van der Waals surface area (Å²) in [6, 6.07) is 10.6. The van der Waals surface area contributed by atoms with Gasteiger partial charge in [-0.3, -0.25) is 0 Å². The van der Waals surface area contributed by atoms with Gasteiger partial charge >= 0.3 is 0 Å². The van der Waals surface area contributed by atoms with Crippen molar-refractivity contribution in [3.63, 3.8) is 0 Å². The van der Waals surface area contributed by atoms with Gasteiger partial charge in [0.2, 0.25) is 0 Å². The molecular weight excluding hydrogens is 246 g/mol. The first kappa shape index (κ1) is 13.3. The van der Waals surface area contributed by atoms with Crippen LogP contribution in [0, 0.1) is 5.92 Å². The number of hydrogen-bond acceptors (Lipinski definition) is 3. The molecule has 1 atom stereocenters. The molecule has 1 aromatic rings. The zero-order valence-corrected chi connectivity index (χ0v) is 12.0. The molecule has 3 heteroatoms. The molecule has 3 rings (SSSR count). The maximum absolute atomic E-state index is 5.93. The van der Waals surface area contributed by atoms with E-state index in [4.69, 9.17) is 5.73 Å². The Bertz CT molecular complexity index is 496. The van der Waals surface area contributed by atoms with Crippen LogP contribution in [0.15, 0.2) is 40.5 Å². The van der Waals surface area contributed by atoms with Crippen LogP contribution >= 0.6 is 0 Å². The highest BCUT2D eigenvalue weighted by Gasteiger charge is 2.29. The van der Waals surface area contributed by atoms with E-state index in [1.54, 1.807) is 0 Å². The molecule has 1 aliphatic heterocycles.